The Kier molecular flexibility index (Phi) is 17.2. The van der Waals surface area contributed by atoms with E-state index in [1.165, 1.54) is 62.5 Å². The summed E-state index contributed by atoms with van der Waals surface area (Å²) < 4.78 is 3.34. The summed E-state index contributed by atoms with van der Waals surface area (Å²) in [6.07, 6.45) is 7.65. The molecule has 0 nitrogen and oxygen atoms in total. The number of rotatable bonds is 0. The van der Waals surface area contributed by atoms with E-state index in [4.69, 9.17) is 0 Å². The Morgan fingerprint density at radius 2 is 1.08 bits per heavy atom. The van der Waals surface area contributed by atoms with Gasteiger partial charge in [-0.15, -0.1) is 39.7 Å². The number of benzene rings is 2. The SMILES string of the molecule is CC(C)(C)c1ccc2[cH-]c3ccc(C(C)(C)C)cc3c2c1.CC1[C-]=CC(C(C)(C)C)=C1.[CH2]=[Zr+2].[CH3-].[CH3-].[Cl-].[Cl-]. The fourth-order valence-electron chi connectivity index (χ4n) is 3.98. The Morgan fingerprint density at radius 1 is 0.703 bits per heavy atom. The molecule has 0 saturated heterocycles. The van der Waals surface area contributed by atoms with Gasteiger partial charge in [0.2, 0.25) is 0 Å². The minimum atomic E-state index is 0. The van der Waals surface area contributed by atoms with Crippen molar-refractivity contribution >= 4 is 25.8 Å². The molecule has 0 amide bonds. The molecular weight excluding hydrogens is 571 g/mol. The molecule has 1 aliphatic carbocycles. The predicted molar refractivity (Wildman–Crippen MR) is 159 cm³/mol. The molecule has 1 unspecified atom stereocenters. The predicted octanol–water partition coefficient (Wildman–Crippen LogP) is 4.15. The van der Waals surface area contributed by atoms with Crippen LogP contribution in [0, 0.1) is 32.3 Å². The quantitative estimate of drug-likeness (QED) is 0.333. The number of fused-ring (bicyclic) bond motifs is 3. The summed E-state index contributed by atoms with van der Waals surface area (Å²) in [4.78, 5) is 0. The molecule has 0 aromatic heterocycles. The Hall–Kier alpha value is -0.877. The van der Waals surface area contributed by atoms with Crippen LogP contribution in [0.2, 0.25) is 0 Å². The summed E-state index contributed by atoms with van der Waals surface area (Å²) in [7, 11) is 0. The minimum absolute atomic E-state index is 0. The fraction of sp³-hybridized carbons (Fsp3) is 0.412. The summed E-state index contributed by atoms with van der Waals surface area (Å²) in [6, 6.07) is 16.1. The molecule has 1 atom stereocenters. The molecule has 0 bridgehead atoms. The average Bonchev–Trinajstić information content (AvgIpc) is 3.31. The van der Waals surface area contributed by atoms with E-state index in [1.807, 2.05) is 0 Å². The third-order valence-electron chi connectivity index (χ3n) is 6.24. The Balaban J connectivity index is -0.000000624. The molecule has 4 rings (SSSR count). The van der Waals surface area contributed by atoms with Crippen molar-refractivity contribution in [3.63, 3.8) is 0 Å². The van der Waals surface area contributed by atoms with Gasteiger partial charge in [-0.1, -0.05) is 116 Å². The van der Waals surface area contributed by atoms with Crippen LogP contribution in [-0.4, -0.2) is 4.21 Å². The van der Waals surface area contributed by atoms with Gasteiger partial charge in [0.05, 0.1) is 0 Å². The molecule has 0 aliphatic heterocycles. The first-order chi connectivity index (χ1) is 15.2. The van der Waals surface area contributed by atoms with Gasteiger partial charge in [-0.2, -0.15) is 11.6 Å². The van der Waals surface area contributed by atoms with Crippen LogP contribution < -0.4 is 24.8 Å². The van der Waals surface area contributed by atoms with Crippen molar-refractivity contribution < 1.29 is 49.0 Å². The van der Waals surface area contributed by atoms with Gasteiger partial charge in [0.25, 0.3) is 0 Å². The van der Waals surface area contributed by atoms with Crippen LogP contribution in [0.15, 0.2) is 60.2 Å². The van der Waals surface area contributed by atoms with E-state index < -0.39 is 0 Å². The van der Waals surface area contributed by atoms with Crippen LogP contribution in [-0.2, 0) is 35.1 Å². The minimum Gasteiger partial charge on any atom is -1.00 e. The van der Waals surface area contributed by atoms with Gasteiger partial charge in [0.1, 0.15) is 0 Å². The zero-order valence-electron chi connectivity index (χ0n) is 25.2. The largest absolute Gasteiger partial charge is 1.00 e. The van der Waals surface area contributed by atoms with Crippen molar-refractivity contribution in [2.45, 2.75) is 80.1 Å². The van der Waals surface area contributed by atoms with Gasteiger partial charge in [-0.3, -0.25) is 6.08 Å². The van der Waals surface area contributed by atoms with E-state index in [0.29, 0.717) is 11.3 Å². The van der Waals surface area contributed by atoms with Crippen LogP contribution in [0.3, 0.4) is 0 Å². The van der Waals surface area contributed by atoms with Crippen molar-refractivity contribution in [1.29, 1.82) is 0 Å². The molecule has 206 valence electrons. The van der Waals surface area contributed by atoms with Crippen molar-refractivity contribution in [3.8, 4) is 0 Å². The van der Waals surface area contributed by atoms with Gasteiger partial charge in [-0.05, 0) is 10.8 Å². The maximum atomic E-state index is 3.34. The third kappa shape index (κ3) is 10.7. The van der Waals surface area contributed by atoms with Gasteiger partial charge < -0.3 is 39.7 Å². The van der Waals surface area contributed by atoms with Gasteiger partial charge >= 0.3 is 28.4 Å². The molecule has 3 aromatic carbocycles. The zero-order valence-corrected chi connectivity index (χ0v) is 29.2. The second-order valence-electron chi connectivity index (χ2n) is 12.2. The second-order valence-corrected chi connectivity index (χ2v) is 12.2. The molecule has 3 aromatic rings. The van der Waals surface area contributed by atoms with E-state index >= 15 is 0 Å². The van der Waals surface area contributed by atoms with Gasteiger partial charge in [0, 0.05) is 0 Å². The first kappa shape index (κ1) is 40.6. The molecule has 37 heavy (non-hydrogen) atoms. The number of hydrogen-bond acceptors (Lipinski definition) is 0. The van der Waals surface area contributed by atoms with Crippen molar-refractivity contribution in [1.82, 2.24) is 0 Å². The number of allylic oxidation sites excluding steroid dienone is 4. The van der Waals surface area contributed by atoms with Crippen LogP contribution in [0.4, 0.5) is 0 Å². The normalized spacial score (nSPS) is 14.5. The van der Waals surface area contributed by atoms with E-state index in [-0.39, 0.29) is 50.5 Å². The van der Waals surface area contributed by atoms with Crippen LogP contribution in [0.5, 0.6) is 0 Å². The van der Waals surface area contributed by atoms with Gasteiger partial charge in [0.15, 0.2) is 0 Å². The van der Waals surface area contributed by atoms with Crippen LogP contribution in [0.25, 0.3) is 21.5 Å². The van der Waals surface area contributed by atoms with Crippen molar-refractivity contribution in [2.24, 2.45) is 11.3 Å². The maximum absolute atomic E-state index is 3.34. The maximum Gasteiger partial charge on any atom is -0.358 e. The van der Waals surface area contributed by atoms with Crippen LogP contribution >= 0.6 is 0 Å². The Bertz CT molecular complexity index is 1090. The topological polar surface area (TPSA) is 0 Å². The molecular formula is C34H48Cl2Zr-4. The number of hydrogen-bond donors (Lipinski definition) is 0. The fourth-order valence-corrected chi connectivity index (χ4v) is 3.98. The molecule has 0 fully saturated rings. The summed E-state index contributed by atoms with van der Waals surface area (Å²) >= 11 is 1.30. The molecule has 1 aliphatic rings. The zero-order chi connectivity index (χ0) is 25.2. The molecule has 0 spiro atoms. The number of halogens is 2. The summed E-state index contributed by atoms with van der Waals surface area (Å²) in [5.74, 6) is 0.522. The molecule has 3 heteroatoms. The standard InChI is InChI=1S/C21H25.C10H15.2CH3.CH2.2ClH.Zr/c1-20(2,3)16-9-7-14-11-15-8-10-17(21(4,5)6)13-19(15)18(14)12-16;1-8-5-6-9(7-8)10(2,3)4;;;;;;/h7-13H,1-6H3;6-8H,1-4H3;2*1H3;1H2;2*1H;/q4*-1;;;;+2/p-2. The van der Waals surface area contributed by atoms with E-state index in [0.717, 1.165) is 0 Å². The molecule has 0 saturated carbocycles. The first-order valence-electron chi connectivity index (χ1n) is 12.0. The Morgan fingerprint density at radius 3 is 1.32 bits per heavy atom. The smallest absolute Gasteiger partial charge is 0.358 e. The van der Waals surface area contributed by atoms with Crippen molar-refractivity contribution in [3.05, 3.63) is 92.2 Å². The van der Waals surface area contributed by atoms with Gasteiger partial charge in [-0.25, -0.2) is 6.08 Å². The average molecular weight is 619 g/mol. The summed E-state index contributed by atoms with van der Waals surface area (Å²) in [6.45, 7) is 22.5. The second kappa shape index (κ2) is 15.6. The molecule has 0 N–H and O–H groups in total. The van der Waals surface area contributed by atoms with Crippen LogP contribution in [0.1, 0.15) is 80.4 Å². The van der Waals surface area contributed by atoms with E-state index in [1.54, 1.807) is 0 Å². The molecule has 0 radical (unpaired) electrons. The Labute approximate surface area is 256 Å². The monoisotopic (exact) mass is 616 g/mol. The summed E-state index contributed by atoms with van der Waals surface area (Å²) in [5.41, 5.74) is 4.92. The summed E-state index contributed by atoms with van der Waals surface area (Å²) in [5, 5.41) is 5.49. The van der Waals surface area contributed by atoms with Crippen molar-refractivity contribution in [2.75, 3.05) is 0 Å². The third-order valence-corrected chi connectivity index (χ3v) is 6.24. The van der Waals surface area contributed by atoms with E-state index in [9.17, 15) is 0 Å². The molecule has 0 heterocycles. The first-order valence-corrected chi connectivity index (χ1v) is 13.7. The van der Waals surface area contributed by atoms with E-state index in [2.05, 4.69) is 134 Å².